The first-order chi connectivity index (χ1) is 8.04. The second-order valence-corrected chi connectivity index (χ2v) is 4.07. The monoisotopic (exact) mass is 244 g/mol. The van der Waals surface area contributed by atoms with Crippen LogP contribution in [-0.4, -0.2) is 62.3 Å². The normalized spacial score (nSPS) is 23.1. The average Bonchev–Trinajstić information content (AvgIpc) is 2.28. The summed E-state index contributed by atoms with van der Waals surface area (Å²) in [6, 6.07) is -1.20. The maximum atomic E-state index is 11.6. The zero-order valence-electron chi connectivity index (χ0n) is 10.2. The summed E-state index contributed by atoms with van der Waals surface area (Å²) in [6.07, 6.45) is 0.0672. The summed E-state index contributed by atoms with van der Waals surface area (Å²) < 4.78 is 5.53. The van der Waals surface area contributed by atoms with E-state index in [-0.39, 0.29) is 18.1 Å². The fourth-order valence-corrected chi connectivity index (χ4v) is 1.84. The Morgan fingerprint density at radius 1 is 1.59 bits per heavy atom. The van der Waals surface area contributed by atoms with E-state index >= 15 is 0 Å². The molecule has 0 aromatic heterocycles. The van der Waals surface area contributed by atoms with Crippen molar-refractivity contribution in [1.29, 1.82) is 0 Å². The number of hydrogen-bond donors (Lipinski definition) is 3. The number of hydrogen-bond acceptors (Lipinski definition) is 5. The lowest BCUT2D eigenvalue weighted by atomic mass is 10.2. The van der Waals surface area contributed by atoms with Crippen molar-refractivity contribution >= 4 is 11.9 Å². The lowest BCUT2D eigenvalue weighted by molar-refractivity contribution is -0.127. The number of nitrogens with two attached hydrogens (primary N) is 1. The molecule has 7 heteroatoms. The summed E-state index contributed by atoms with van der Waals surface area (Å²) in [4.78, 5) is 24.2. The maximum absolute atomic E-state index is 11.6. The summed E-state index contributed by atoms with van der Waals surface area (Å²) >= 11 is 0. The zero-order valence-corrected chi connectivity index (χ0v) is 10.2. The topological polar surface area (TPSA) is 96.7 Å². The Hall–Kier alpha value is -1.18. The number of amides is 3. The van der Waals surface area contributed by atoms with Crippen molar-refractivity contribution in [3.05, 3.63) is 0 Å². The van der Waals surface area contributed by atoms with E-state index in [1.54, 1.807) is 6.92 Å². The molecule has 0 spiro atoms. The van der Waals surface area contributed by atoms with Gasteiger partial charge in [0.15, 0.2) is 0 Å². The highest BCUT2D eigenvalue weighted by atomic mass is 16.5. The Morgan fingerprint density at radius 2 is 2.29 bits per heavy atom. The van der Waals surface area contributed by atoms with Crippen LogP contribution in [0.25, 0.3) is 0 Å². The number of morpholine rings is 1. The van der Waals surface area contributed by atoms with Crippen LogP contribution in [0.4, 0.5) is 4.79 Å². The molecule has 17 heavy (non-hydrogen) atoms. The van der Waals surface area contributed by atoms with Gasteiger partial charge in [0.25, 0.3) is 0 Å². The molecular formula is C10H20N4O3. The molecule has 98 valence electrons. The van der Waals surface area contributed by atoms with Crippen LogP contribution in [0, 0.1) is 0 Å². The summed E-state index contributed by atoms with van der Waals surface area (Å²) in [5.41, 5.74) is 4.91. The molecule has 0 saturated carbocycles. The van der Waals surface area contributed by atoms with Gasteiger partial charge in [0.2, 0.25) is 5.91 Å². The number of ether oxygens (including phenoxy) is 1. The third-order valence-corrected chi connectivity index (χ3v) is 2.78. The Kier molecular flexibility index (Phi) is 5.33. The molecule has 1 saturated heterocycles. The van der Waals surface area contributed by atoms with Gasteiger partial charge in [-0.25, -0.2) is 4.79 Å². The van der Waals surface area contributed by atoms with E-state index in [2.05, 4.69) is 10.6 Å². The smallest absolute Gasteiger partial charge is 0.318 e. The zero-order chi connectivity index (χ0) is 12.8. The average molecular weight is 244 g/mol. The van der Waals surface area contributed by atoms with Crippen LogP contribution in [0.5, 0.6) is 0 Å². The highest BCUT2D eigenvalue weighted by Crippen LogP contribution is 2.08. The van der Waals surface area contributed by atoms with Gasteiger partial charge in [-0.15, -0.1) is 0 Å². The van der Waals surface area contributed by atoms with Crippen LogP contribution in [-0.2, 0) is 9.53 Å². The number of primary amides is 1. The van der Waals surface area contributed by atoms with Crippen molar-refractivity contribution < 1.29 is 14.3 Å². The molecule has 0 aliphatic carbocycles. The van der Waals surface area contributed by atoms with Crippen molar-refractivity contribution in [2.75, 3.05) is 33.3 Å². The highest BCUT2D eigenvalue weighted by Gasteiger charge is 2.27. The summed E-state index contributed by atoms with van der Waals surface area (Å²) in [6.45, 7) is 4.41. The molecule has 1 aliphatic heterocycles. The first kappa shape index (κ1) is 13.9. The van der Waals surface area contributed by atoms with Crippen LogP contribution in [0.1, 0.15) is 6.92 Å². The molecular weight excluding hydrogens is 224 g/mol. The van der Waals surface area contributed by atoms with E-state index in [1.165, 1.54) is 0 Å². The van der Waals surface area contributed by atoms with Gasteiger partial charge in [-0.1, -0.05) is 0 Å². The van der Waals surface area contributed by atoms with Gasteiger partial charge in [0, 0.05) is 19.6 Å². The van der Waals surface area contributed by atoms with E-state index in [9.17, 15) is 9.59 Å². The van der Waals surface area contributed by atoms with E-state index in [1.807, 2.05) is 11.9 Å². The maximum Gasteiger partial charge on any atom is 0.318 e. The Labute approximate surface area is 101 Å². The van der Waals surface area contributed by atoms with Crippen LogP contribution in [0.15, 0.2) is 0 Å². The standard InChI is InChI=1S/C10H20N4O3/c1-7(9(15)13-10(11)16)14-3-4-17-8(6-14)5-12-2/h7-8,12H,3-6H2,1-2H3,(H3,11,13,15,16). The molecule has 3 amide bonds. The predicted molar refractivity (Wildman–Crippen MR) is 62.4 cm³/mol. The van der Waals surface area contributed by atoms with E-state index < -0.39 is 6.03 Å². The molecule has 0 radical (unpaired) electrons. The molecule has 1 rings (SSSR count). The van der Waals surface area contributed by atoms with Gasteiger partial charge in [0.05, 0.1) is 18.8 Å². The van der Waals surface area contributed by atoms with Gasteiger partial charge in [-0.3, -0.25) is 15.0 Å². The van der Waals surface area contributed by atoms with Gasteiger partial charge < -0.3 is 15.8 Å². The predicted octanol–water partition coefficient (Wildman–Crippen LogP) is -1.51. The van der Waals surface area contributed by atoms with Gasteiger partial charge in [-0.2, -0.15) is 0 Å². The number of rotatable bonds is 4. The SMILES string of the molecule is CNCC1CN(C(C)C(=O)NC(N)=O)CCO1. The third-order valence-electron chi connectivity index (χ3n) is 2.78. The fraction of sp³-hybridized carbons (Fsp3) is 0.800. The van der Waals surface area contributed by atoms with Gasteiger partial charge in [-0.05, 0) is 14.0 Å². The van der Waals surface area contributed by atoms with Gasteiger partial charge in [0.1, 0.15) is 0 Å². The van der Waals surface area contributed by atoms with Crippen LogP contribution in [0.3, 0.4) is 0 Å². The second-order valence-electron chi connectivity index (χ2n) is 4.07. The fourth-order valence-electron chi connectivity index (χ4n) is 1.84. The minimum Gasteiger partial charge on any atom is -0.374 e. The quantitative estimate of drug-likeness (QED) is 0.558. The molecule has 1 heterocycles. The van der Waals surface area contributed by atoms with Crippen molar-refractivity contribution in [1.82, 2.24) is 15.5 Å². The first-order valence-corrected chi connectivity index (χ1v) is 5.65. The molecule has 7 nitrogen and oxygen atoms in total. The second kappa shape index (κ2) is 6.53. The molecule has 0 aromatic carbocycles. The minimum absolute atomic E-state index is 0.0672. The summed E-state index contributed by atoms with van der Waals surface area (Å²) in [7, 11) is 1.85. The Morgan fingerprint density at radius 3 is 2.88 bits per heavy atom. The minimum atomic E-state index is -0.818. The number of nitrogens with one attached hydrogen (secondary N) is 2. The number of carbonyl (C=O) groups excluding carboxylic acids is 2. The Bertz CT molecular complexity index is 283. The number of imide groups is 1. The third kappa shape index (κ3) is 4.29. The number of nitrogens with zero attached hydrogens (tertiary/aromatic N) is 1. The van der Waals surface area contributed by atoms with E-state index in [4.69, 9.17) is 10.5 Å². The molecule has 1 aliphatic rings. The van der Waals surface area contributed by atoms with Crippen molar-refractivity contribution in [3.63, 3.8) is 0 Å². The molecule has 1 fully saturated rings. The lowest BCUT2D eigenvalue weighted by Gasteiger charge is -2.35. The number of carbonyl (C=O) groups is 2. The number of likely N-dealkylation sites (N-methyl/N-ethyl adjacent to an activating group) is 1. The highest BCUT2D eigenvalue weighted by molar-refractivity contribution is 5.96. The molecule has 2 atom stereocenters. The summed E-state index contributed by atoms with van der Waals surface area (Å²) in [5.74, 6) is -0.373. The number of urea groups is 1. The molecule has 0 bridgehead atoms. The van der Waals surface area contributed by atoms with E-state index in [0.717, 1.165) is 6.54 Å². The lowest BCUT2D eigenvalue weighted by Crippen LogP contribution is -2.55. The van der Waals surface area contributed by atoms with Crippen molar-refractivity contribution in [2.45, 2.75) is 19.1 Å². The first-order valence-electron chi connectivity index (χ1n) is 5.65. The van der Waals surface area contributed by atoms with E-state index in [0.29, 0.717) is 19.7 Å². The van der Waals surface area contributed by atoms with Gasteiger partial charge >= 0.3 is 6.03 Å². The molecule has 4 N–H and O–H groups in total. The summed E-state index contributed by atoms with van der Waals surface area (Å²) in [5, 5.41) is 5.12. The molecule has 2 unspecified atom stereocenters. The molecule has 0 aromatic rings. The van der Waals surface area contributed by atoms with Crippen LogP contribution >= 0.6 is 0 Å². The Balaban J connectivity index is 2.47. The largest absolute Gasteiger partial charge is 0.374 e. The van der Waals surface area contributed by atoms with Crippen molar-refractivity contribution in [2.24, 2.45) is 5.73 Å². The van der Waals surface area contributed by atoms with Crippen LogP contribution in [0.2, 0.25) is 0 Å². The van der Waals surface area contributed by atoms with Crippen LogP contribution < -0.4 is 16.4 Å². The van der Waals surface area contributed by atoms with Crippen molar-refractivity contribution in [3.8, 4) is 0 Å².